The molecule has 0 aliphatic heterocycles. The van der Waals surface area contributed by atoms with Gasteiger partial charge in [0.1, 0.15) is 0 Å². The average molecular weight is 525 g/mol. The predicted molar refractivity (Wildman–Crippen MR) is 134 cm³/mol. The third-order valence-electron chi connectivity index (χ3n) is 4.33. The highest BCUT2D eigenvalue weighted by Crippen LogP contribution is 2.23. The van der Waals surface area contributed by atoms with Crippen molar-refractivity contribution in [2.24, 2.45) is 0 Å². The molecule has 172 valence electrons. The zero-order valence-electron chi connectivity index (χ0n) is 17.5. The second-order valence-electron chi connectivity index (χ2n) is 6.71. The summed E-state index contributed by atoms with van der Waals surface area (Å²) in [6.07, 6.45) is 3.06. The zero-order valence-corrected chi connectivity index (χ0v) is 20.6. The number of halogens is 3. The maximum atomic E-state index is 12.3. The fourth-order valence-corrected chi connectivity index (χ4v) is 4.37. The van der Waals surface area contributed by atoms with E-state index in [4.69, 9.17) is 34.8 Å². The van der Waals surface area contributed by atoms with Crippen molar-refractivity contribution in [3.05, 3.63) is 75.0 Å². The summed E-state index contributed by atoms with van der Waals surface area (Å²) in [7, 11) is 0. The van der Waals surface area contributed by atoms with Crippen LogP contribution >= 0.6 is 46.6 Å². The molecule has 0 fully saturated rings. The van der Waals surface area contributed by atoms with Crippen LogP contribution in [0.2, 0.25) is 15.1 Å². The predicted octanol–water partition coefficient (Wildman–Crippen LogP) is 5.32. The minimum atomic E-state index is -0.283. The van der Waals surface area contributed by atoms with Crippen molar-refractivity contribution in [3.8, 4) is 0 Å². The minimum absolute atomic E-state index is 0.120. The van der Waals surface area contributed by atoms with Crippen molar-refractivity contribution in [1.29, 1.82) is 0 Å². The Labute approximate surface area is 210 Å². The van der Waals surface area contributed by atoms with Crippen molar-refractivity contribution in [2.75, 3.05) is 11.1 Å². The van der Waals surface area contributed by atoms with Gasteiger partial charge in [-0.3, -0.25) is 9.59 Å². The Morgan fingerprint density at radius 1 is 1.09 bits per heavy atom. The molecule has 0 aliphatic carbocycles. The van der Waals surface area contributed by atoms with Crippen molar-refractivity contribution < 1.29 is 9.59 Å². The van der Waals surface area contributed by atoms with E-state index >= 15 is 0 Å². The molecule has 0 spiro atoms. The molecule has 7 nitrogen and oxygen atoms in total. The van der Waals surface area contributed by atoms with Crippen LogP contribution in [0, 0.1) is 0 Å². The normalized spacial score (nSPS) is 11.0. The van der Waals surface area contributed by atoms with Gasteiger partial charge in [0.2, 0.25) is 11.8 Å². The summed E-state index contributed by atoms with van der Waals surface area (Å²) in [6.45, 7) is 2.71. The first-order valence-corrected chi connectivity index (χ1v) is 12.0. The van der Waals surface area contributed by atoms with E-state index in [1.165, 1.54) is 17.8 Å². The molecule has 2 aromatic carbocycles. The van der Waals surface area contributed by atoms with Gasteiger partial charge in [-0.2, -0.15) is 0 Å². The molecule has 2 amide bonds. The number of carbonyl (C=O) groups excluding carboxylic acids is 2. The van der Waals surface area contributed by atoms with Crippen molar-refractivity contribution in [1.82, 2.24) is 20.1 Å². The Hall–Kier alpha value is -2.52. The van der Waals surface area contributed by atoms with Crippen molar-refractivity contribution >= 4 is 70.1 Å². The van der Waals surface area contributed by atoms with Crippen LogP contribution in [0.4, 0.5) is 5.69 Å². The maximum absolute atomic E-state index is 12.3. The third-order valence-corrected chi connectivity index (χ3v) is 6.08. The first-order valence-electron chi connectivity index (χ1n) is 9.87. The molecule has 0 saturated carbocycles. The third kappa shape index (κ3) is 7.50. The Kier molecular flexibility index (Phi) is 9.20. The number of thioether (sulfide) groups is 1. The zero-order chi connectivity index (χ0) is 23.8. The minimum Gasteiger partial charge on any atom is -0.345 e. The number of anilines is 1. The highest BCUT2D eigenvalue weighted by molar-refractivity contribution is 7.99. The molecule has 0 bridgehead atoms. The summed E-state index contributed by atoms with van der Waals surface area (Å²) in [5.74, 6) is 0.189. The molecule has 3 rings (SSSR count). The van der Waals surface area contributed by atoms with E-state index in [-0.39, 0.29) is 24.1 Å². The lowest BCUT2D eigenvalue weighted by atomic mass is 10.2. The van der Waals surface area contributed by atoms with Crippen molar-refractivity contribution in [2.45, 2.75) is 25.2 Å². The number of nitrogens with one attached hydrogen (secondary N) is 2. The van der Waals surface area contributed by atoms with E-state index in [0.717, 1.165) is 5.56 Å². The number of benzene rings is 2. The average Bonchev–Trinajstić information content (AvgIpc) is 3.16. The maximum Gasteiger partial charge on any atom is 0.244 e. The summed E-state index contributed by atoms with van der Waals surface area (Å²) in [4.78, 5) is 24.5. The summed E-state index contributed by atoms with van der Waals surface area (Å²) in [5, 5.41) is 15.8. The van der Waals surface area contributed by atoms with E-state index in [2.05, 4.69) is 20.8 Å². The van der Waals surface area contributed by atoms with Crippen LogP contribution < -0.4 is 10.6 Å². The van der Waals surface area contributed by atoms with Crippen LogP contribution in [0.15, 0.2) is 53.7 Å². The number of hydrogen-bond acceptors (Lipinski definition) is 5. The Balaban J connectivity index is 1.54. The summed E-state index contributed by atoms with van der Waals surface area (Å²) >= 11 is 19.2. The highest BCUT2D eigenvalue weighted by Gasteiger charge is 2.14. The second-order valence-corrected chi connectivity index (χ2v) is 8.93. The van der Waals surface area contributed by atoms with E-state index in [9.17, 15) is 9.59 Å². The second kappa shape index (κ2) is 12.1. The Bertz CT molecular complexity index is 1160. The largest absolute Gasteiger partial charge is 0.345 e. The molecule has 3 aromatic rings. The van der Waals surface area contributed by atoms with Gasteiger partial charge in [-0.1, -0.05) is 64.8 Å². The van der Waals surface area contributed by atoms with Gasteiger partial charge in [-0.15, -0.1) is 10.2 Å². The summed E-state index contributed by atoms with van der Waals surface area (Å²) < 4.78 is 1.84. The van der Waals surface area contributed by atoms with Crippen LogP contribution in [0.1, 0.15) is 18.3 Å². The monoisotopic (exact) mass is 523 g/mol. The molecule has 1 heterocycles. The quantitative estimate of drug-likeness (QED) is 0.292. The molecular formula is C22H20Cl3N5O2S. The first kappa shape index (κ1) is 25.1. The number of carbonyl (C=O) groups is 2. The van der Waals surface area contributed by atoms with Crippen LogP contribution in [-0.2, 0) is 22.7 Å². The van der Waals surface area contributed by atoms with E-state index < -0.39 is 0 Å². The highest BCUT2D eigenvalue weighted by atomic mass is 35.5. The molecule has 0 unspecified atom stereocenters. The number of hydrogen-bond donors (Lipinski definition) is 2. The fourth-order valence-electron chi connectivity index (χ4n) is 2.83. The first-order chi connectivity index (χ1) is 15.9. The van der Waals surface area contributed by atoms with Gasteiger partial charge in [0.15, 0.2) is 11.0 Å². The van der Waals surface area contributed by atoms with Crippen molar-refractivity contribution in [3.63, 3.8) is 0 Å². The Morgan fingerprint density at radius 3 is 2.52 bits per heavy atom. The van der Waals surface area contributed by atoms with Crippen LogP contribution in [0.3, 0.4) is 0 Å². The van der Waals surface area contributed by atoms with Gasteiger partial charge in [0.05, 0.1) is 12.3 Å². The SMILES string of the molecule is CCn1c(CNC(=O)/C=C/c2ccccc2Cl)nnc1SCC(=O)Nc1cc(Cl)cc(Cl)c1. The Morgan fingerprint density at radius 2 is 1.82 bits per heavy atom. The molecule has 33 heavy (non-hydrogen) atoms. The molecule has 0 saturated heterocycles. The molecule has 0 atom stereocenters. The molecule has 0 radical (unpaired) electrons. The van der Waals surface area contributed by atoms with E-state index in [1.54, 1.807) is 30.3 Å². The van der Waals surface area contributed by atoms with Gasteiger partial charge in [-0.25, -0.2) is 0 Å². The number of rotatable bonds is 9. The van der Waals surface area contributed by atoms with Gasteiger partial charge < -0.3 is 15.2 Å². The van der Waals surface area contributed by atoms with Gasteiger partial charge in [-0.05, 0) is 42.8 Å². The molecular weight excluding hydrogens is 505 g/mol. The molecule has 1 aromatic heterocycles. The van der Waals surface area contributed by atoms with Gasteiger partial charge >= 0.3 is 0 Å². The summed E-state index contributed by atoms with van der Waals surface area (Å²) in [5.41, 5.74) is 1.27. The van der Waals surface area contributed by atoms with Gasteiger partial charge in [0, 0.05) is 33.4 Å². The standard InChI is InChI=1S/C22H20Cl3N5O2S/c1-2-30-19(12-26-20(31)8-7-14-5-3-4-6-18(14)25)28-29-22(30)33-13-21(32)27-17-10-15(23)9-16(24)11-17/h3-11H,2,12-13H2,1H3,(H,26,31)(H,27,32)/b8-7+. The van der Waals surface area contributed by atoms with E-state index in [0.29, 0.717) is 38.3 Å². The molecule has 11 heteroatoms. The molecule has 0 aliphatic rings. The lowest BCUT2D eigenvalue weighted by Gasteiger charge is -2.08. The van der Waals surface area contributed by atoms with E-state index in [1.807, 2.05) is 29.7 Å². The van der Waals surface area contributed by atoms with Crippen LogP contribution in [-0.4, -0.2) is 32.3 Å². The number of aromatic nitrogens is 3. The van der Waals surface area contributed by atoms with Crippen LogP contribution in [0.5, 0.6) is 0 Å². The fraction of sp³-hybridized carbons (Fsp3) is 0.182. The van der Waals surface area contributed by atoms with Gasteiger partial charge in [0.25, 0.3) is 0 Å². The molecule has 2 N–H and O–H groups in total. The topological polar surface area (TPSA) is 88.9 Å². The van der Waals surface area contributed by atoms with Crippen LogP contribution in [0.25, 0.3) is 6.08 Å². The summed E-state index contributed by atoms with van der Waals surface area (Å²) in [6, 6.07) is 12.1. The lowest BCUT2D eigenvalue weighted by molar-refractivity contribution is -0.116. The smallest absolute Gasteiger partial charge is 0.244 e. The number of amides is 2. The number of nitrogens with zero attached hydrogens (tertiary/aromatic N) is 3. The lowest BCUT2D eigenvalue weighted by Crippen LogP contribution is -2.22.